The van der Waals surface area contributed by atoms with Gasteiger partial charge in [0, 0.05) is 0 Å². The van der Waals surface area contributed by atoms with Gasteiger partial charge in [0.1, 0.15) is 5.75 Å². The fourth-order valence-electron chi connectivity index (χ4n) is 1.81. The minimum Gasteiger partial charge on any atom is -0.497 e. The number of hydrogen-bond acceptors (Lipinski definition) is 3. The van der Waals surface area contributed by atoms with Gasteiger partial charge < -0.3 is 10.5 Å². The van der Waals surface area contributed by atoms with E-state index in [0.717, 1.165) is 6.07 Å². The summed E-state index contributed by atoms with van der Waals surface area (Å²) >= 11 is 1.40. The summed E-state index contributed by atoms with van der Waals surface area (Å²) in [4.78, 5) is 0. The topological polar surface area (TPSA) is 35.2 Å². The number of benzene rings is 1. The Kier molecular flexibility index (Phi) is 3.82. The maximum Gasteiger partial charge on any atom is 0.416 e. The predicted octanol–water partition coefficient (Wildman–Crippen LogP) is 3.82. The SMILES string of the molecule is COc1ccc([C@@H](N)c2ccsc2)c(C(F)(F)F)c1. The lowest BCUT2D eigenvalue weighted by Crippen LogP contribution is -2.18. The highest BCUT2D eigenvalue weighted by Crippen LogP contribution is 2.38. The molecule has 0 unspecified atom stereocenters. The van der Waals surface area contributed by atoms with Crippen LogP contribution in [0.2, 0.25) is 0 Å². The lowest BCUT2D eigenvalue weighted by atomic mass is 9.96. The van der Waals surface area contributed by atoms with Gasteiger partial charge >= 0.3 is 6.18 Å². The average Bonchev–Trinajstić information content (AvgIpc) is 2.90. The van der Waals surface area contributed by atoms with E-state index in [-0.39, 0.29) is 11.3 Å². The third kappa shape index (κ3) is 2.90. The van der Waals surface area contributed by atoms with Crippen LogP contribution in [0.4, 0.5) is 13.2 Å². The Morgan fingerprint density at radius 2 is 2.00 bits per heavy atom. The van der Waals surface area contributed by atoms with Crippen LogP contribution in [-0.2, 0) is 6.18 Å². The smallest absolute Gasteiger partial charge is 0.416 e. The van der Waals surface area contributed by atoms with Gasteiger partial charge in [0.15, 0.2) is 0 Å². The molecular weight excluding hydrogens is 275 g/mol. The van der Waals surface area contributed by atoms with Crippen LogP contribution in [0.5, 0.6) is 5.75 Å². The van der Waals surface area contributed by atoms with E-state index in [1.165, 1.54) is 30.6 Å². The molecule has 0 saturated carbocycles. The van der Waals surface area contributed by atoms with Crippen molar-refractivity contribution < 1.29 is 17.9 Å². The molecule has 0 saturated heterocycles. The number of hydrogen-bond donors (Lipinski definition) is 1. The fraction of sp³-hybridized carbons (Fsp3) is 0.231. The van der Waals surface area contributed by atoms with Gasteiger partial charge in [-0.3, -0.25) is 0 Å². The molecule has 1 aromatic carbocycles. The number of thiophene rings is 1. The minimum absolute atomic E-state index is 0.0479. The van der Waals surface area contributed by atoms with Crippen molar-refractivity contribution in [3.8, 4) is 5.75 Å². The van der Waals surface area contributed by atoms with Crippen LogP contribution in [0.25, 0.3) is 0 Å². The minimum atomic E-state index is -4.46. The first-order valence-electron chi connectivity index (χ1n) is 5.46. The fourth-order valence-corrected chi connectivity index (χ4v) is 2.51. The first-order valence-corrected chi connectivity index (χ1v) is 6.40. The Hall–Kier alpha value is -1.53. The van der Waals surface area contributed by atoms with Crippen LogP contribution in [0.1, 0.15) is 22.7 Å². The quantitative estimate of drug-likeness (QED) is 0.931. The zero-order valence-corrected chi connectivity index (χ0v) is 10.9. The Balaban J connectivity index is 2.50. The molecule has 0 bridgehead atoms. The Bertz CT molecular complexity index is 552. The molecule has 2 rings (SSSR count). The van der Waals surface area contributed by atoms with Crippen molar-refractivity contribution in [2.24, 2.45) is 5.73 Å². The van der Waals surface area contributed by atoms with E-state index in [0.29, 0.717) is 5.56 Å². The highest BCUT2D eigenvalue weighted by molar-refractivity contribution is 7.08. The molecule has 0 aliphatic rings. The number of methoxy groups -OCH3 is 1. The number of nitrogens with two attached hydrogens (primary N) is 1. The van der Waals surface area contributed by atoms with Gasteiger partial charge in [-0.25, -0.2) is 0 Å². The van der Waals surface area contributed by atoms with Crippen molar-refractivity contribution in [2.45, 2.75) is 12.2 Å². The summed E-state index contributed by atoms with van der Waals surface area (Å²) in [6.45, 7) is 0. The van der Waals surface area contributed by atoms with Crippen LogP contribution in [-0.4, -0.2) is 7.11 Å². The number of rotatable bonds is 3. The highest BCUT2D eigenvalue weighted by Gasteiger charge is 2.35. The van der Waals surface area contributed by atoms with Gasteiger partial charge in [0.2, 0.25) is 0 Å². The summed E-state index contributed by atoms with van der Waals surface area (Å²) in [5.41, 5.74) is 5.87. The lowest BCUT2D eigenvalue weighted by Gasteiger charge is -2.18. The van der Waals surface area contributed by atoms with E-state index in [2.05, 4.69) is 0 Å². The zero-order valence-electron chi connectivity index (χ0n) is 10.1. The summed E-state index contributed by atoms with van der Waals surface area (Å²) in [5, 5.41) is 3.53. The molecule has 0 amide bonds. The Labute approximate surface area is 112 Å². The Morgan fingerprint density at radius 1 is 1.26 bits per heavy atom. The van der Waals surface area contributed by atoms with Gasteiger partial charge in [-0.05, 0) is 40.1 Å². The average molecular weight is 287 g/mol. The van der Waals surface area contributed by atoms with Crippen LogP contribution < -0.4 is 10.5 Å². The van der Waals surface area contributed by atoms with Crippen LogP contribution in [0.15, 0.2) is 35.0 Å². The Morgan fingerprint density at radius 3 is 2.53 bits per heavy atom. The van der Waals surface area contributed by atoms with Crippen molar-refractivity contribution in [3.05, 3.63) is 51.7 Å². The van der Waals surface area contributed by atoms with Gasteiger partial charge in [0.25, 0.3) is 0 Å². The standard InChI is InChI=1S/C13H12F3NOS/c1-18-9-2-3-10(11(6-9)13(14,15)16)12(17)8-4-5-19-7-8/h2-7,12H,17H2,1H3/t12-/m0/s1. The molecule has 19 heavy (non-hydrogen) atoms. The van der Waals surface area contributed by atoms with Crippen LogP contribution in [0, 0.1) is 0 Å². The molecule has 1 heterocycles. The third-order valence-electron chi connectivity index (χ3n) is 2.80. The second-order valence-corrected chi connectivity index (χ2v) is 4.77. The van der Waals surface area contributed by atoms with Gasteiger partial charge in [0.05, 0.1) is 18.7 Å². The van der Waals surface area contributed by atoms with E-state index < -0.39 is 17.8 Å². The molecule has 0 aliphatic heterocycles. The molecule has 2 nitrogen and oxygen atoms in total. The molecule has 0 aliphatic carbocycles. The van der Waals surface area contributed by atoms with Crippen molar-refractivity contribution >= 4 is 11.3 Å². The number of alkyl halides is 3. The van der Waals surface area contributed by atoms with E-state index in [9.17, 15) is 13.2 Å². The van der Waals surface area contributed by atoms with Gasteiger partial charge in [-0.15, -0.1) is 0 Å². The predicted molar refractivity (Wildman–Crippen MR) is 68.3 cm³/mol. The van der Waals surface area contributed by atoms with E-state index >= 15 is 0 Å². The largest absolute Gasteiger partial charge is 0.497 e. The number of ether oxygens (including phenoxy) is 1. The molecule has 2 aromatic rings. The van der Waals surface area contributed by atoms with E-state index in [1.54, 1.807) is 16.8 Å². The zero-order chi connectivity index (χ0) is 14.0. The lowest BCUT2D eigenvalue weighted by molar-refractivity contribution is -0.138. The second kappa shape index (κ2) is 5.22. The molecule has 1 aromatic heterocycles. The third-order valence-corrected chi connectivity index (χ3v) is 3.50. The van der Waals surface area contributed by atoms with Crippen molar-refractivity contribution in [1.82, 2.24) is 0 Å². The summed E-state index contributed by atoms with van der Waals surface area (Å²) in [5.74, 6) is 0.161. The molecule has 2 N–H and O–H groups in total. The molecule has 6 heteroatoms. The van der Waals surface area contributed by atoms with E-state index in [4.69, 9.17) is 10.5 Å². The van der Waals surface area contributed by atoms with Crippen LogP contribution >= 0.6 is 11.3 Å². The normalized spacial score (nSPS) is 13.3. The molecule has 0 spiro atoms. The van der Waals surface area contributed by atoms with Crippen molar-refractivity contribution in [2.75, 3.05) is 7.11 Å². The first kappa shape index (κ1) is 13.9. The number of halogens is 3. The molecular formula is C13H12F3NOS. The summed E-state index contributed by atoms with van der Waals surface area (Å²) < 4.78 is 44.0. The van der Waals surface area contributed by atoms with Crippen molar-refractivity contribution in [1.29, 1.82) is 0 Å². The van der Waals surface area contributed by atoms with Gasteiger partial charge in [-0.1, -0.05) is 6.07 Å². The maximum atomic E-state index is 13.1. The maximum absolute atomic E-state index is 13.1. The molecule has 102 valence electrons. The monoisotopic (exact) mass is 287 g/mol. The summed E-state index contributed by atoms with van der Waals surface area (Å²) in [6, 6.07) is 4.75. The highest BCUT2D eigenvalue weighted by atomic mass is 32.1. The van der Waals surface area contributed by atoms with Gasteiger partial charge in [-0.2, -0.15) is 24.5 Å². The second-order valence-electron chi connectivity index (χ2n) is 3.99. The molecule has 0 fully saturated rings. The van der Waals surface area contributed by atoms with E-state index in [1.807, 2.05) is 0 Å². The first-order chi connectivity index (χ1) is 8.93. The summed E-state index contributed by atoms with van der Waals surface area (Å²) in [6.07, 6.45) is -4.46. The molecule has 1 atom stereocenters. The molecule has 0 radical (unpaired) electrons. The van der Waals surface area contributed by atoms with Crippen LogP contribution in [0.3, 0.4) is 0 Å². The van der Waals surface area contributed by atoms with Crippen molar-refractivity contribution in [3.63, 3.8) is 0 Å². The summed E-state index contributed by atoms with van der Waals surface area (Å²) in [7, 11) is 1.33.